The molecule has 0 atom stereocenters. The van der Waals surface area contributed by atoms with Crippen molar-refractivity contribution in [2.75, 3.05) is 7.11 Å². The second-order valence-electron chi connectivity index (χ2n) is 6.48. The molecule has 28 heavy (non-hydrogen) atoms. The average Bonchev–Trinajstić information content (AvgIpc) is 3.06. The molecule has 1 N–H and O–H groups in total. The zero-order chi connectivity index (χ0) is 20.1. The normalized spacial score (nSPS) is 11.1. The average molecular weight is 397 g/mol. The van der Waals surface area contributed by atoms with Crippen LogP contribution < -0.4 is 9.47 Å². The number of hydrogen-bond acceptors (Lipinski definition) is 5. The third-order valence-electron chi connectivity index (χ3n) is 4.43. The number of aryl methyl sites for hydroxylation is 3. The van der Waals surface area contributed by atoms with E-state index in [0.29, 0.717) is 22.9 Å². The fourth-order valence-electron chi connectivity index (χ4n) is 2.79. The van der Waals surface area contributed by atoms with Gasteiger partial charge in [0.2, 0.25) is 4.77 Å². The van der Waals surface area contributed by atoms with Crippen LogP contribution in [0.4, 0.5) is 0 Å². The molecule has 0 aliphatic carbocycles. The molecule has 0 bridgehead atoms. The lowest BCUT2D eigenvalue weighted by atomic mass is 10.1. The molecule has 0 saturated carbocycles. The van der Waals surface area contributed by atoms with Gasteiger partial charge in [0.1, 0.15) is 6.61 Å². The van der Waals surface area contributed by atoms with Crippen LogP contribution in [0.15, 0.2) is 41.5 Å². The van der Waals surface area contributed by atoms with E-state index in [9.17, 15) is 0 Å². The predicted octanol–water partition coefficient (Wildman–Crippen LogP) is 4.59. The van der Waals surface area contributed by atoms with Gasteiger partial charge >= 0.3 is 0 Å². The van der Waals surface area contributed by atoms with Gasteiger partial charge in [-0.3, -0.25) is 5.10 Å². The lowest BCUT2D eigenvalue weighted by molar-refractivity contribution is 0.284. The van der Waals surface area contributed by atoms with Gasteiger partial charge in [0.15, 0.2) is 17.3 Å². The van der Waals surface area contributed by atoms with Gasteiger partial charge in [-0.25, -0.2) is 0 Å². The highest BCUT2D eigenvalue weighted by Crippen LogP contribution is 2.29. The zero-order valence-corrected chi connectivity index (χ0v) is 17.3. The molecule has 1 heterocycles. The maximum absolute atomic E-state index is 6.00. The standard InChI is InChI=1S/C21H24N4O2S/c1-5-20-23-24-21(28)25(20)22-12-16-8-9-18(19(11-16)26-4)27-13-17-10-14(2)6-7-15(17)3/h6-12H,5,13H2,1-4H3,(H,24,28)/b22-12-. The van der Waals surface area contributed by atoms with E-state index in [1.165, 1.54) is 11.1 Å². The molecule has 3 aromatic rings. The molecule has 0 radical (unpaired) electrons. The molecule has 2 aromatic carbocycles. The highest BCUT2D eigenvalue weighted by molar-refractivity contribution is 7.71. The fraction of sp³-hybridized carbons (Fsp3) is 0.286. The number of nitrogens with zero attached hydrogens (tertiary/aromatic N) is 3. The van der Waals surface area contributed by atoms with Crippen molar-refractivity contribution in [3.05, 3.63) is 69.2 Å². The van der Waals surface area contributed by atoms with E-state index in [0.717, 1.165) is 23.4 Å². The van der Waals surface area contributed by atoms with Crippen LogP contribution in [0, 0.1) is 18.6 Å². The Morgan fingerprint density at radius 3 is 2.75 bits per heavy atom. The minimum atomic E-state index is 0.466. The lowest BCUT2D eigenvalue weighted by Crippen LogP contribution is -2.01. The van der Waals surface area contributed by atoms with E-state index in [1.807, 2.05) is 25.1 Å². The van der Waals surface area contributed by atoms with Crippen LogP contribution in [0.2, 0.25) is 0 Å². The van der Waals surface area contributed by atoms with Crippen LogP contribution in [0.3, 0.4) is 0 Å². The highest BCUT2D eigenvalue weighted by Gasteiger charge is 2.08. The van der Waals surface area contributed by atoms with E-state index in [2.05, 4.69) is 47.3 Å². The van der Waals surface area contributed by atoms with Crippen LogP contribution in [0.25, 0.3) is 0 Å². The molecule has 0 spiro atoms. The molecule has 0 fully saturated rings. The molecule has 0 amide bonds. The third-order valence-corrected chi connectivity index (χ3v) is 4.70. The summed E-state index contributed by atoms with van der Waals surface area (Å²) in [5.41, 5.74) is 4.46. The summed E-state index contributed by atoms with van der Waals surface area (Å²) in [5, 5.41) is 11.3. The summed E-state index contributed by atoms with van der Waals surface area (Å²) in [6.07, 6.45) is 2.46. The number of nitrogens with one attached hydrogen (secondary N) is 1. The number of methoxy groups -OCH3 is 1. The lowest BCUT2D eigenvalue weighted by Gasteiger charge is -2.13. The second-order valence-corrected chi connectivity index (χ2v) is 6.87. The summed E-state index contributed by atoms with van der Waals surface area (Å²) in [5.74, 6) is 2.12. The van der Waals surface area contributed by atoms with Crippen molar-refractivity contribution in [2.24, 2.45) is 5.10 Å². The molecule has 1 aromatic heterocycles. The Hall–Kier alpha value is -2.93. The molecule has 146 valence electrons. The molecule has 7 heteroatoms. The highest BCUT2D eigenvalue weighted by atomic mass is 32.1. The number of aromatic amines is 1. The third kappa shape index (κ3) is 4.48. The quantitative estimate of drug-likeness (QED) is 0.469. The summed E-state index contributed by atoms with van der Waals surface area (Å²) in [6, 6.07) is 12.1. The largest absolute Gasteiger partial charge is 0.493 e. The number of hydrogen-bond donors (Lipinski definition) is 1. The van der Waals surface area contributed by atoms with Crippen molar-refractivity contribution >= 4 is 18.4 Å². The molecule has 0 saturated heterocycles. The molecule has 0 unspecified atom stereocenters. The first-order valence-corrected chi connectivity index (χ1v) is 9.50. The van der Waals surface area contributed by atoms with Gasteiger partial charge in [-0.2, -0.15) is 14.9 Å². The molecule has 6 nitrogen and oxygen atoms in total. The van der Waals surface area contributed by atoms with Gasteiger partial charge in [-0.05, 0) is 61.0 Å². The predicted molar refractivity (Wildman–Crippen MR) is 113 cm³/mol. The van der Waals surface area contributed by atoms with E-state index >= 15 is 0 Å². The van der Waals surface area contributed by atoms with Gasteiger partial charge < -0.3 is 9.47 Å². The Morgan fingerprint density at radius 2 is 2.00 bits per heavy atom. The maximum atomic E-state index is 6.00. The number of H-pyrrole nitrogens is 1. The number of ether oxygens (including phenoxy) is 2. The van der Waals surface area contributed by atoms with Crippen molar-refractivity contribution in [3.8, 4) is 11.5 Å². The first-order valence-electron chi connectivity index (χ1n) is 9.09. The van der Waals surface area contributed by atoms with Crippen molar-refractivity contribution in [3.63, 3.8) is 0 Å². The van der Waals surface area contributed by atoms with Crippen LogP contribution in [-0.2, 0) is 13.0 Å². The Kier molecular flexibility index (Phi) is 6.26. The number of aromatic nitrogens is 3. The van der Waals surface area contributed by atoms with Crippen LogP contribution >= 0.6 is 12.2 Å². The summed E-state index contributed by atoms with van der Waals surface area (Å²) >= 11 is 5.21. The molecular formula is C21H24N4O2S. The fourth-order valence-corrected chi connectivity index (χ4v) is 2.99. The van der Waals surface area contributed by atoms with Crippen molar-refractivity contribution < 1.29 is 9.47 Å². The van der Waals surface area contributed by atoms with E-state index in [-0.39, 0.29) is 0 Å². The van der Waals surface area contributed by atoms with Crippen LogP contribution in [0.5, 0.6) is 11.5 Å². The van der Waals surface area contributed by atoms with Gasteiger partial charge in [0, 0.05) is 6.42 Å². The number of benzene rings is 2. The van der Waals surface area contributed by atoms with E-state index in [1.54, 1.807) is 18.0 Å². The minimum absolute atomic E-state index is 0.466. The van der Waals surface area contributed by atoms with Crippen molar-refractivity contribution in [1.82, 2.24) is 14.9 Å². The molecule has 0 aliphatic rings. The van der Waals surface area contributed by atoms with Gasteiger partial charge in [0.05, 0.1) is 13.3 Å². The van der Waals surface area contributed by atoms with Gasteiger partial charge in [-0.1, -0.05) is 30.7 Å². The first kappa shape index (κ1) is 19.8. The van der Waals surface area contributed by atoms with Gasteiger partial charge in [0.25, 0.3) is 0 Å². The Balaban J connectivity index is 1.78. The van der Waals surface area contributed by atoms with E-state index in [4.69, 9.17) is 21.7 Å². The topological polar surface area (TPSA) is 64.4 Å². The summed E-state index contributed by atoms with van der Waals surface area (Å²) in [6.45, 7) is 6.65. The van der Waals surface area contributed by atoms with Gasteiger partial charge in [-0.15, -0.1) is 0 Å². The Morgan fingerprint density at radius 1 is 1.18 bits per heavy atom. The second kappa shape index (κ2) is 8.84. The number of rotatable bonds is 7. The summed E-state index contributed by atoms with van der Waals surface area (Å²) < 4.78 is 13.6. The molecule has 0 aliphatic heterocycles. The maximum Gasteiger partial charge on any atom is 0.216 e. The SMILES string of the molecule is CCc1n[nH]c(=S)n1/N=C\c1ccc(OCc2cc(C)ccc2C)c(OC)c1. The van der Waals surface area contributed by atoms with E-state index < -0.39 is 0 Å². The first-order chi connectivity index (χ1) is 13.5. The Bertz CT molecular complexity index is 1050. The van der Waals surface area contributed by atoms with Crippen molar-refractivity contribution in [2.45, 2.75) is 33.8 Å². The van der Waals surface area contributed by atoms with Crippen LogP contribution in [-0.4, -0.2) is 28.2 Å². The summed E-state index contributed by atoms with van der Waals surface area (Å²) in [4.78, 5) is 0. The molecular weight excluding hydrogens is 372 g/mol. The van der Waals surface area contributed by atoms with Crippen molar-refractivity contribution in [1.29, 1.82) is 0 Å². The smallest absolute Gasteiger partial charge is 0.216 e. The summed E-state index contributed by atoms with van der Waals surface area (Å²) in [7, 11) is 1.63. The zero-order valence-electron chi connectivity index (χ0n) is 16.5. The minimum Gasteiger partial charge on any atom is -0.493 e. The molecule has 3 rings (SSSR count). The van der Waals surface area contributed by atoms with Crippen LogP contribution in [0.1, 0.15) is 35.0 Å². The monoisotopic (exact) mass is 396 g/mol. The Labute approximate surface area is 169 Å².